The Labute approximate surface area is 362 Å². The van der Waals surface area contributed by atoms with Crippen molar-refractivity contribution in [1.29, 1.82) is 0 Å². The number of ether oxygens (including phenoxy) is 3. The number of phenols is 1. The number of carbonyl (C=O) groups excluding carboxylic acids is 3. The van der Waals surface area contributed by atoms with Gasteiger partial charge in [0.15, 0.2) is 0 Å². The summed E-state index contributed by atoms with van der Waals surface area (Å²) in [5.74, 6) is 2.02. The van der Waals surface area contributed by atoms with Gasteiger partial charge >= 0.3 is 0 Å². The Kier molecular flexibility index (Phi) is 9.91. The van der Waals surface area contributed by atoms with E-state index in [9.17, 15) is 19.5 Å². The molecule has 6 aliphatic heterocycles. The number of fused-ring (bicyclic) bond motifs is 5. The van der Waals surface area contributed by atoms with Crippen molar-refractivity contribution in [3.05, 3.63) is 112 Å². The lowest BCUT2D eigenvalue weighted by Gasteiger charge is -2.46. The Bertz CT molecular complexity index is 2420. The van der Waals surface area contributed by atoms with Crippen LogP contribution < -0.4 is 24.6 Å². The van der Waals surface area contributed by atoms with E-state index in [1.165, 1.54) is 27.9 Å². The van der Waals surface area contributed by atoms with Crippen LogP contribution in [0.1, 0.15) is 88.5 Å². The molecule has 7 aliphatic rings. The molecule has 6 heterocycles. The molecule has 12 heteroatoms. The number of methoxy groups -OCH3 is 1. The van der Waals surface area contributed by atoms with Crippen molar-refractivity contribution in [2.75, 3.05) is 69.4 Å². The average molecular weight is 838 g/mol. The van der Waals surface area contributed by atoms with E-state index in [4.69, 9.17) is 14.2 Å². The van der Waals surface area contributed by atoms with Gasteiger partial charge in [-0.25, -0.2) is 0 Å². The van der Waals surface area contributed by atoms with Crippen LogP contribution in [0.5, 0.6) is 17.2 Å². The van der Waals surface area contributed by atoms with E-state index in [2.05, 4.69) is 80.7 Å². The summed E-state index contributed by atoms with van der Waals surface area (Å²) in [6.45, 7) is 7.33. The zero-order valence-electron chi connectivity index (χ0n) is 35.4. The quantitative estimate of drug-likeness (QED) is 0.215. The van der Waals surface area contributed by atoms with Crippen molar-refractivity contribution in [3.63, 3.8) is 0 Å². The van der Waals surface area contributed by atoms with Crippen LogP contribution >= 0.6 is 0 Å². The highest BCUT2D eigenvalue weighted by molar-refractivity contribution is 6.06. The number of carbonyl (C=O) groups is 3. The number of nitrogens with zero attached hydrogens (tertiary/aromatic N) is 4. The predicted molar refractivity (Wildman–Crippen MR) is 234 cm³/mol. The molecule has 322 valence electrons. The maximum atomic E-state index is 13.4. The second-order valence-corrected chi connectivity index (χ2v) is 18.7. The smallest absolute Gasteiger partial charge is 0.255 e. The van der Waals surface area contributed by atoms with Crippen LogP contribution in [0.2, 0.25) is 0 Å². The fourth-order valence-electron chi connectivity index (χ4n) is 12.0. The maximum Gasteiger partial charge on any atom is 0.255 e. The first-order valence-corrected chi connectivity index (χ1v) is 22.6. The summed E-state index contributed by atoms with van der Waals surface area (Å²) in [7, 11) is 1.78. The van der Waals surface area contributed by atoms with E-state index < -0.39 is 11.9 Å². The number of hydrogen-bond acceptors (Lipinski definition) is 10. The molecule has 3 amide bonds. The number of amides is 3. The van der Waals surface area contributed by atoms with Crippen LogP contribution in [0.25, 0.3) is 0 Å². The summed E-state index contributed by atoms with van der Waals surface area (Å²) in [5.41, 5.74) is 8.63. The number of piperazine rings is 1. The largest absolute Gasteiger partial charge is 0.508 e. The molecule has 11 rings (SSSR count). The van der Waals surface area contributed by atoms with Gasteiger partial charge in [-0.3, -0.25) is 24.6 Å². The summed E-state index contributed by atoms with van der Waals surface area (Å²) in [5, 5.41) is 12.7. The number of phenolic OH excluding ortho intramolecular Hbond substituents is 1. The molecule has 1 unspecified atom stereocenters. The van der Waals surface area contributed by atoms with Gasteiger partial charge in [-0.05, 0) is 103 Å². The Hall–Kier alpha value is -5.59. The Morgan fingerprint density at radius 2 is 1.69 bits per heavy atom. The zero-order valence-corrected chi connectivity index (χ0v) is 35.4. The Morgan fingerprint density at radius 3 is 2.52 bits per heavy atom. The highest BCUT2D eigenvalue weighted by Gasteiger charge is 2.45. The summed E-state index contributed by atoms with van der Waals surface area (Å²) < 4.78 is 19.2. The van der Waals surface area contributed by atoms with Crippen LogP contribution in [-0.2, 0) is 27.3 Å². The number of benzene rings is 4. The van der Waals surface area contributed by atoms with Crippen LogP contribution in [0.3, 0.4) is 0 Å². The summed E-state index contributed by atoms with van der Waals surface area (Å²) in [4.78, 5) is 46.9. The van der Waals surface area contributed by atoms with Crippen molar-refractivity contribution in [3.8, 4) is 17.2 Å². The standard InChI is InChI=1S/C50H55N5O7/c1-60-44-23-35(8-11-40(44)47-38(32-5-3-2-4-6-32)10-7-33-21-37(56)9-12-39(33)47)53-17-15-50(16-18-53)25-31(29-62-50)26-52-19-20-54-36(28-52)30-61-45-24-41-34(22-43(45)54)27-55(49(41)59)42-13-14-46(57)51-48(42)58/h2-6,8-9,11-12,21-24,31,36,38,42,47,56H,7,10,13-20,25-30H2,1H3,(H,51,57,58)/t31-,36+,38-,42?,47+/m1/s1. The SMILES string of the molecule is COc1cc(N2CCC3(CC2)C[C@H](CN2CCN4c5cc6c(cc5OC[C@@H]4C2)C(=O)N(C2CCC(=O)NC2=O)C6)CO3)ccc1[C@@H]1c2ccc(O)cc2CC[C@@H]1c1ccccc1. The van der Waals surface area contributed by atoms with Crippen molar-refractivity contribution < 1.29 is 33.7 Å². The summed E-state index contributed by atoms with van der Waals surface area (Å²) >= 11 is 0. The van der Waals surface area contributed by atoms with Crippen molar-refractivity contribution >= 4 is 29.1 Å². The zero-order chi connectivity index (χ0) is 42.1. The molecule has 1 spiro atoms. The number of nitrogens with one attached hydrogen (secondary N) is 1. The van der Waals surface area contributed by atoms with E-state index in [1.807, 2.05) is 18.2 Å². The number of aryl methyl sites for hydroxylation is 1. The van der Waals surface area contributed by atoms with Gasteiger partial charge in [0, 0.05) is 81.0 Å². The number of anilines is 2. The molecule has 4 aromatic rings. The molecular formula is C50H55N5O7. The molecule has 0 aromatic heterocycles. The van der Waals surface area contributed by atoms with Gasteiger partial charge in [0.2, 0.25) is 11.8 Å². The first-order valence-electron chi connectivity index (χ1n) is 22.6. The highest BCUT2D eigenvalue weighted by Crippen LogP contribution is 2.50. The molecule has 0 saturated carbocycles. The fourth-order valence-corrected chi connectivity index (χ4v) is 12.0. The molecule has 62 heavy (non-hydrogen) atoms. The lowest BCUT2D eigenvalue weighted by atomic mass is 9.69. The number of aromatic hydroxyl groups is 1. The number of rotatable bonds is 7. The lowest BCUT2D eigenvalue weighted by Crippen LogP contribution is -2.58. The molecule has 5 atom stereocenters. The average Bonchev–Trinajstić information content (AvgIpc) is 3.83. The van der Waals surface area contributed by atoms with Gasteiger partial charge in [0.25, 0.3) is 5.91 Å². The third-order valence-electron chi connectivity index (χ3n) is 15.1. The number of hydrogen-bond donors (Lipinski definition) is 2. The fraction of sp³-hybridized carbons (Fsp3) is 0.460. The van der Waals surface area contributed by atoms with Gasteiger partial charge in [-0.1, -0.05) is 42.5 Å². The molecular weight excluding hydrogens is 783 g/mol. The minimum absolute atomic E-state index is 0.0836. The molecule has 4 saturated heterocycles. The third-order valence-corrected chi connectivity index (χ3v) is 15.1. The normalized spacial score (nSPS) is 26.7. The van der Waals surface area contributed by atoms with Crippen molar-refractivity contribution in [2.45, 2.75) is 81.0 Å². The number of imide groups is 1. The second-order valence-electron chi connectivity index (χ2n) is 18.7. The van der Waals surface area contributed by atoms with Gasteiger partial charge in [-0.15, -0.1) is 0 Å². The molecule has 4 aromatic carbocycles. The Balaban J connectivity index is 0.716. The molecule has 0 radical (unpaired) electrons. The first-order chi connectivity index (χ1) is 30.2. The lowest BCUT2D eigenvalue weighted by molar-refractivity contribution is -0.136. The van der Waals surface area contributed by atoms with Crippen LogP contribution in [-0.4, -0.2) is 110 Å². The monoisotopic (exact) mass is 837 g/mol. The van der Waals surface area contributed by atoms with E-state index in [-0.39, 0.29) is 35.8 Å². The Morgan fingerprint density at radius 1 is 0.855 bits per heavy atom. The minimum atomic E-state index is -0.632. The van der Waals surface area contributed by atoms with Crippen LogP contribution in [0.4, 0.5) is 11.4 Å². The summed E-state index contributed by atoms with van der Waals surface area (Å²) in [6.07, 6.45) is 5.60. The van der Waals surface area contributed by atoms with Gasteiger partial charge < -0.3 is 34.0 Å². The predicted octanol–water partition coefficient (Wildman–Crippen LogP) is 5.98. The molecule has 2 N–H and O–H groups in total. The minimum Gasteiger partial charge on any atom is -0.508 e. The molecule has 12 nitrogen and oxygen atoms in total. The second kappa shape index (κ2) is 15.6. The molecule has 0 bridgehead atoms. The summed E-state index contributed by atoms with van der Waals surface area (Å²) in [6, 6.07) is 27.0. The van der Waals surface area contributed by atoms with E-state index in [0.717, 1.165) is 101 Å². The first kappa shape index (κ1) is 39.3. The molecule has 4 fully saturated rings. The van der Waals surface area contributed by atoms with Crippen molar-refractivity contribution in [1.82, 2.24) is 15.1 Å². The highest BCUT2D eigenvalue weighted by atomic mass is 16.5. The number of piperidine rings is 2. The topological polar surface area (TPSA) is 124 Å². The van der Waals surface area contributed by atoms with Gasteiger partial charge in [-0.2, -0.15) is 0 Å². The van der Waals surface area contributed by atoms with E-state index in [0.29, 0.717) is 42.7 Å². The van der Waals surface area contributed by atoms with E-state index >= 15 is 0 Å². The maximum absolute atomic E-state index is 13.4. The van der Waals surface area contributed by atoms with E-state index in [1.54, 1.807) is 12.0 Å². The van der Waals surface area contributed by atoms with Crippen LogP contribution in [0.15, 0.2) is 78.9 Å². The van der Waals surface area contributed by atoms with Crippen molar-refractivity contribution in [2.24, 2.45) is 5.92 Å². The van der Waals surface area contributed by atoms with Gasteiger partial charge in [0.1, 0.15) is 29.9 Å². The third kappa shape index (κ3) is 6.95. The van der Waals surface area contributed by atoms with Gasteiger partial charge in [0.05, 0.1) is 31.0 Å². The van der Waals surface area contributed by atoms with Crippen LogP contribution in [0, 0.1) is 5.92 Å². The molecule has 1 aliphatic carbocycles.